The Balaban J connectivity index is 0.000000265. The normalized spacial score (nSPS) is 17.7. The van der Waals surface area contributed by atoms with Crippen molar-refractivity contribution in [2.45, 2.75) is 39.2 Å². The first-order valence-electron chi connectivity index (χ1n) is 5.17. The first-order chi connectivity index (χ1) is 6.85. The molecule has 0 spiro atoms. The molecule has 1 fully saturated rings. The van der Waals surface area contributed by atoms with Crippen molar-refractivity contribution in [2.24, 2.45) is 0 Å². The lowest BCUT2D eigenvalue weighted by Crippen LogP contribution is -2.29. The number of piperidine rings is 1. The molecule has 88 valence electrons. The van der Waals surface area contributed by atoms with Crippen LogP contribution in [0.3, 0.4) is 0 Å². The first-order valence-corrected chi connectivity index (χ1v) is 5.17. The van der Waals surface area contributed by atoms with Crippen molar-refractivity contribution in [2.75, 3.05) is 20.1 Å². The molecule has 1 heterocycles. The zero-order chi connectivity index (χ0) is 11.9. The molecular weight excluding hydrogens is 194 g/mol. The van der Waals surface area contributed by atoms with E-state index in [2.05, 4.69) is 9.64 Å². The molecule has 0 atom stereocenters. The summed E-state index contributed by atoms with van der Waals surface area (Å²) < 4.78 is 4.55. The van der Waals surface area contributed by atoms with Crippen molar-refractivity contribution in [3.63, 3.8) is 0 Å². The molecule has 0 radical (unpaired) electrons. The molecular formula is C11H21NO3. The monoisotopic (exact) mass is 215 g/mol. The topological polar surface area (TPSA) is 46.6 Å². The molecule has 4 nitrogen and oxygen atoms in total. The average Bonchev–Trinajstić information content (AvgIpc) is 2.09. The molecule has 0 unspecified atom stereocenters. The third-order valence-electron chi connectivity index (χ3n) is 1.95. The largest absolute Gasteiger partial charge is 0.462 e. The van der Waals surface area contributed by atoms with E-state index in [9.17, 15) is 9.59 Å². The van der Waals surface area contributed by atoms with Crippen LogP contribution in [0.5, 0.6) is 0 Å². The number of carbonyl (C=O) groups excluding carboxylic acids is 2. The van der Waals surface area contributed by atoms with Gasteiger partial charge in [0, 0.05) is 25.9 Å². The maximum absolute atomic E-state index is 10.6. The lowest BCUT2D eigenvalue weighted by Gasteiger charge is -2.19. The smallest absolute Gasteiger partial charge is 0.293 e. The van der Waals surface area contributed by atoms with Crippen LogP contribution in [0.2, 0.25) is 0 Å². The highest BCUT2D eigenvalue weighted by Gasteiger charge is 2.11. The highest BCUT2D eigenvalue weighted by atomic mass is 16.5. The molecule has 0 amide bonds. The summed E-state index contributed by atoms with van der Waals surface area (Å²) in [4.78, 5) is 22.4. The molecule has 0 aromatic rings. The maximum atomic E-state index is 10.6. The van der Waals surface area contributed by atoms with Gasteiger partial charge < -0.3 is 9.64 Å². The second-order valence-electron chi connectivity index (χ2n) is 4.67. The zero-order valence-corrected chi connectivity index (χ0v) is 10.1. The summed E-state index contributed by atoms with van der Waals surface area (Å²) in [5.74, 6) is 0.420. The molecule has 15 heavy (non-hydrogen) atoms. The number of rotatable bonds is 1. The Kier molecular flexibility index (Phi) is 6.17. The van der Waals surface area contributed by atoms with Crippen LogP contribution < -0.4 is 0 Å². The van der Waals surface area contributed by atoms with E-state index >= 15 is 0 Å². The molecule has 0 aliphatic carbocycles. The predicted octanol–water partition coefficient (Wildman–Crippen LogP) is 1.24. The zero-order valence-electron chi connectivity index (χ0n) is 10.1. The summed E-state index contributed by atoms with van der Waals surface area (Å²) in [6, 6.07) is 0. The number of nitrogens with zero attached hydrogens (tertiary/aromatic N) is 1. The number of carbonyl (C=O) groups is 2. The summed E-state index contributed by atoms with van der Waals surface area (Å²) in [6.45, 7) is 7.84. The van der Waals surface area contributed by atoms with Crippen LogP contribution in [0.4, 0.5) is 0 Å². The van der Waals surface area contributed by atoms with Crippen molar-refractivity contribution < 1.29 is 14.3 Å². The van der Waals surface area contributed by atoms with Crippen LogP contribution in [-0.4, -0.2) is 42.9 Å². The second-order valence-corrected chi connectivity index (χ2v) is 4.67. The fourth-order valence-corrected chi connectivity index (χ4v) is 1.01. The van der Waals surface area contributed by atoms with Gasteiger partial charge in [0.2, 0.25) is 0 Å². The number of hydrogen-bond acceptors (Lipinski definition) is 4. The highest BCUT2D eigenvalue weighted by molar-refractivity contribution is 5.79. The minimum Gasteiger partial charge on any atom is -0.462 e. The van der Waals surface area contributed by atoms with Crippen LogP contribution in [-0.2, 0) is 14.3 Å². The van der Waals surface area contributed by atoms with Crippen LogP contribution in [0.15, 0.2) is 0 Å². The van der Waals surface area contributed by atoms with Crippen LogP contribution in [0.25, 0.3) is 0 Å². The number of Topliss-reactive ketones (excluding diaryl/α,β-unsaturated/α-hetero) is 1. The number of hydrogen-bond donors (Lipinski definition) is 0. The maximum Gasteiger partial charge on any atom is 0.293 e. The minimum atomic E-state index is -0.318. The second kappa shape index (κ2) is 6.56. The number of ether oxygens (including phenoxy) is 1. The van der Waals surface area contributed by atoms with E-state index in [0.29, 0.717) is 12.3 Å². The summed E-state index contributed by atoms with van der Waals surface area (Å²) in [5.41, 5.74) is -0.318. The third-order valence-corrected chi connectivity index (χ3v) is 1.95. The van der Waals surface area contributed by atoms with E-state index in [0.717, 1.165) is 25.9 Å². The molecule has 4 heteroatoms. The van der Waals surface area contributed by atoms with E-state index in [1.165, 1.54) is 0 Å². The lowest BCUT2D eigenvalue weighted by molar-refractivity contribution is -0.138. The van der Waals surface area contributed by atoms with Gasteiger partial charge in [-0.05, 0) is 27.8 Å². The van der Waals surface area contributed by atoms with Gasteiger partial charge in [0.1, 0.15) is 11.4 Å². The van der Waals surface area contributed by atoms with Crippen LogP contribution in [0, 0.1) is 0 Å². The van der Waals surface area contributed by atoms with E-state index in [1.54, 1.807) is 0 Å². The van der Waals surface area contributed by atoms with Crippen molar-refractivity contribution in [1.82, 2.24) is 4.90 Å². The Morgan fingerprint density at radius 1 is 1.27 bits per heavy atom. The molecule has 0 bridgehead atoms. The Morgan fingerprint density at radius 2 is 1.73 bits per heavy atom. The number of likely N-dealkylation sites (tertiary alicyclic amines) is 1. The fraction of sp³-hybridized carbons (Fsp3) is 0.818. The summed E-state index contributed by atoms with van der Waals surface area (Å²) in [6.07, 6.45) is 1.52. The van der Waals surface area contributed by atoms with E-state index in [1.807, 2.05) is 27.8 Å². The van der Waals surface area contributed by atoms with E-state index in [4.69, 9.17) is 0 Å². The molecule has 0 saturated carbocycles. The van der Waals surface area contributed by atoms with Gasteiger partial charge in [-0.25, -0.2) is 0 Å². The summed E-state index contributed by atoms with van der Waals surface area (Å²) in [5, 5.41) is 0. The van der Waals surface area contributed by atoms with Gasteiger partial charge in [0.15, 0.2) is 0 Å². The first kappa shape index (κ1) is 14.1. The van der Waals surface area contributed by atoms with Crippen molar-refractivity contribution in [3.8, 4) is 0 Å². The Morgan fingerprint density at radius 3 is 1.93 bits per heavy atom. The number of ketones is 1. The molecule has 1 saturated heterocycles. The third kappa shape index (κ3) is 9.41. The van der Waals surface area contributed by atoms with E-state index in [-0.39, 0.29) is 5.60 Å². The van der Waals surface area contributed by atoms with Gasteiger partial charge in [-0.1, -0.05) is 0 Å². The standard InChI is InChI=1S/C6H11NO.C5H10O2/c1-7-4-2-6(8)3-5-7;1-5(2,3)7-4-6/h2-5H2,1H3;4H,1-3H3. The molecule has 0 N–H and O–H groups in total. The lowest BCUT2D eigenvalue weighted by atomic mass is 10.1. The molecule has 0 aromatic heterocycles. The summed E-state index contributed by atoms with van der Waals surface area (Å²) >= 11 is 0. The van der Waals surface area contributed by atoms with Gasteiger partial charge in [-0.3, -0.25) is 9.59 Å². The predicted molar refractivity (Wildman–Crippen MR) is 58.6 cm³/mol. The van der Waals surface area contributed by atoms with Gasteiger partial charge in [-0.2, -0.15) is 0 Å². The van der Waals surface area contributed by atoms with Crippen molar-refractivity contribution in [3.05, 3.63) is 0 Å². The Bertz CT molecular complexity index is 198. The molecule has 1 rings (SSSR count). The summed E-state index contributed by atoms with van der Waals surface area (Å²) in [7, 11) is 2.05. The van der Waals surface area contributed by atoms with Crippen molar-refractivity contribution >= 4 is 12.3 Å². The average molecular weight is 215 g/mol. The SMILES string of the molecule is CC(C)(C)OC=O.CN1CCC(=O)CC1. The van der Waals surface area contributed by atoms with Gasteiger partial charge in [0.05, 0.1) is 0 Å². The van der Waals surface area contributed by atoms with E-state index < -0.39 is 0 Å². The van der Waals surface area contributed by atoms with Gasteiger partial charge in [-0.15, -0.1) is 0 Å². The fourth-order valence-electron chi connectivity index (χ4n) is 1.01. The Labute approximate surface area is 91.6 Å². The Hall–Kier alpha value is -0.900. The van der Waals surface area contributed by atoms with Crippen molar-refractivity contribution in [1.29, 1.82) is 0 Å². The van der Waals surface area contributed by atoms with Gasteiger partial charge in [0.25, 0.3) is 6.47 Å². The quantitative estimate of drug-likeness (QED) is 0.617. The van der Waals surface area contributed by atoms with Gasteiger partial charge >= 0.3 is 0 Å². The molecule has 0 aromatic carbocycles. The minimum absolute atomic E-state index is 0.318. The van der Waals surface area contributed by atoms with Crippen LogP contribution in [0.1, 0.15) is 33.6 Å². The molecule has 1 aliphatic heterocycles. The highest BCUT2D eigenvalue weighted by Crippen LogP contribution is 2.02. The molecule has 1 aliphatic rings. The van der Waals surface area contributed by atoms with Crippen LogP contribution >= 0.6 is 0 Å².